The van der Waals surface area contributed by atoms with E-state index in [1.54, 1.807) is 18.1 Å². The van der Waals surface area contributed by atoms with Crippen molar-refractivity contribution in [1.82, 2.24) is 29.5 Å². The fraction of sp³-hybridized carbons (Fsp3) is 0.850. The van der Waals surface area contributed by atoms with Crippen molar-refractivity contribution in [2.75, 3.05) is 59.5 Å². The Labute approximate surface area is 168 Å². The molecule has 1 aromatic heterocycles. The van der Waals surface area contributed by atoms with Crippen LogP contribution in [0.1, 0.15) is 32.6 Å². The van der Waals surface area contributed by atoms with E-state index in [1.165, 1.54) is 19.2 Å². The molecule has 2 saturated heterocycles. The van der Waals surface area contributed by atoms with Crippen molar-refractivity contribution in [1.29, 1.82) is 0 Å². The van der Waals surface area contributed by atoms with Gasteiger partial charge in [0.15, 0.2) is 0 Å². The molecule has 8 heteroatoms. The third-order valence-corrected chi connectivity index (χ3v) is 6.25. The first-order chi connectivity index (χ1) is 13.7. The SMILES string of the molecule is CCN1CCC[C@H]1CN(CC1CCN(CCOC)CC1)C(=O)Cn1cncn1. The van der Waals surface area contributed by atoms with Gasteiger partial charge in [0.05, 0.1) is 6.61 Å². The molecule has 0 spiro atoms. The Morgan fingerprint density at radius 3 is 2.71 bits per heavy atom. The lowest BCUT2D eigenvalue weighted by atomic mass is 9.95. The van der Waals surface area contributed by atoms with Crippen molar-refractivity contribution < 1.29 is 9.53 Å². The summed E-state index contributed by atoms with van der Waals surface area (Å²) in [7, 11) is 1.76. The van der Waals surface area contributed by atoms with Gasteiger partial charge in [0.25, 0.3) is 0 Å². The van der Waals surface area contributed by atoms with E-state index in [9.17, 15) is 4.79 Å². The van der Waals surface area contributed by atoms with Gasteiger partial charge < -0.3 is 14.5 Å². The van der Waals surface area contributed by atoms with Crippen molar-refractivity contribution >= 4 is 5.91 Å². The molecule has 0 unspecified atom stereocenters. The van der Waals surface area contributed by atoms with Crippen LogP contribution in [-0.4, -0.2) is 101 Å². The second-order valence-corrected chi connectivity index (χ2v) is 8.09. The Bertz CT molecular complexity index is 573. The lowest BCUT2D eigenvalue weighted by Crippen LogP contribution is -2.47. The second kappa shape index (κ2) is 10.9. The summed E-state index contributed by atoms with van der Waals surface area (Å²) < 4.78 is 6.83. The molecular formula is C20H36N6O2. The van der Waals surface area contributed by atoms with Crippen molar-refractivity contribution in [3.05, 3.63) is 12.7 Å². The van der Waals surface area contributed by atoms with Crippen LogP contribution in [0.25, 0.3) is 0 Å². The van der Waals surface area contributed by atoms with Gasteiger partial charge in [-0.25, -0.2) is 9.67 Å². The van der Waals surface area contributed by atoms with Crippen molar-refractivity contribution in [3.63, 3.8) is 0 Å². The van der Waals surface area contributed by atoms with Gasteiger partial charge in [-0.3, -0.25) is 9.69 Å². The summed E-state index contributed by atoms with van der Waals surface area (Å²) in [6, 6.07) is 0.492. The summed E-state index contributed by atoms with van der Waals surface area (Å²) in [4.78, 5) is 24.1. The number of ether oxygens (including phenoxy) is 1. The number of carbonyl (C=O) groups excluding carboxylic acids is 1. The summed E-state index contributed by atoms with van der Waals surface area (Å²) in [6.45, 7) is 10.4. The Morgan fingerprint density at radius 1 is 1.21 bits per heavy atom. The Balaban J connectivity index is 1.57. The van der Waals surface area contributed by atoms with Gasteiger partial charge in [-0.2, -0.15) is 5.10 Å². The number of methoxy groups -OCH3 is 1. The van der Waals surface area contributed by atoms with E-state index in [2.05, 4.69) is 31.7 Å². The summed E-state index contributed by atoms with van der Waals surface area (Å²) in [6.07, 6.45) is 7.84. The van der Waals surface area contributed by atoms with Gasteiger partial charge in [0.2, 0.25) is 5.91 Å². The van der Waals surface area contributed by atoms with Gasteiger partial charge in [-0.15, -0.1) is 0 Å². The molecule has 2 aliphatic heterocycles. The van der Waals surface area contributed by atoms with Crippen molar-refractivity contribution in [3.8, 4) is 0 Å². The Hall–Kier alpha value is -1.51. The van der Waals surface area contributed by atoms with Crippen LogP contribution in [0.4, 0.5) is 0 Å². The van der Waals surface area contributed by atoms with E-state index in [0.29, 0.717) is 12.0 Å². The quantitative estimate of drug-likeness (QED) is 0.591. The smallest absolute Gasteiger partial charge is 0.244 e. The Kier molecular flexibility index (Phi) is 8.24. The number of aromatic nitrogens is 3. The average molecular weight is 393 g/mol. The van der Waals surface area contributed by atoms with E-state index < -0.39 is 0 Å². The highest BCUT2D eigenvalue weighted by Gasteiger charge is 2.29. The molecule has 1 atom stereocenters. The van der Waals surface area contributed by atoms with Gasteiger partial charge >= 0.3 is 0 Å². The summed E-state index contributed by atoms with van der Waals surface area (Å²) in [5, 5.41) is 4.12. The van der Waals surface area contributed by atoms with E-state index >= 15 is 0 Å². The van der Waals surface area contributed by atoms with E-state index in [4.69, 9.17) is 4.74 Å². The molecular weight excluding hydrogens is 356 g/mol. The monoisotopic (exact) mass is 392 g/mol. The summed E-state index contributed by atoms with van der Waals surface area (Å²) in [5.41, 5.74) is 0. The molecule has 0 radical (unpaired) electrons. The molecule has 0 aromatic carbocycles. The fourth-order valence-corrected chi connectivity index (χ4v) is 4.53. The minimum Gasteiger partial charge on any atom is -0.383 e. The molecule has 0 saturated carbocycles. The molecule has 3 heterocycles. The van der Waals surface area contributed by atoms with E-state index in [1.807, 2.05) is 0 Å². The molecule has 2 aliphatic rings. The predicted molar refractivity (Wildman–Crippen MR) is 108 cm³/mol. The molecule has 2 fully saturated rings. The highest BCUT2D eigenvalue weighted by molar-refractivity contribution is 5.76. The third kappa shape index (κ3) is 5.99. The zero-order chi connectivity index (χ0) is 19.8. The van der Waals surface area contributed by atoms with Gasteiger partial charge in [0.1, 0.15) is 19.2 Å². The molecule has 0 bridgehead atoms. The Morgan fingerprint density at radius 2 is 2.04 bits per heavy atom. The molecule has 1 aromatic rings. The van der Waals surface area contributed by atoms with Crippen LogP contribution in [0.5, 0.6) is 0 Å². The fourth-order valence-electron chi connectivity index (χ4n) is 4.53. The number of piperidine rings is 1. The largest absolute Gasteiger partial charge is 0.383 e. The molecule has 28 heavy (non-hydrogen) atoms. The van der Waals surface area contributed by atoms with Crippen LogP contribution in [0.15, 0.2) is 12.7 Å². The van der Waals surface area contributed by atoms with Crippen LogP contribution in [0, 0.1) is 5.92 Å². The average Bonchev–Trinajstić information content (AvgIpc) is 3.38. The first-order valence-electron chi connectivity index (χ1n) is 10.7. The minimum absolute atomic E-state index is 0.162. The summed E-state index contributed by atoms with van der Waals surface area (Å²) in [5.74, 6) is 0.741. The molecule has 158 valence electrons. The van der Waals surface area contributed by atoms with E-state index in [-0.39, 0.29) is 12.5 Å². The van der Waals surface area contributed by atoms with Crippen molar-refractivity contribution in [2.24, 2.45) is 5.92 Å². The number of nitrogens with zero attached hydrogens (tertiary/aromatic N) is 6. The third-order valence-electron chi connectivity index (χ3n) is 6.25. The molecule has 3 rings (SSSR count). The van der Waals surface area contributed by atoms with Crippen molar-refractivity contribution in [2.45, 2.75) is 45.2 Å². The lowest BCUT2D eigenvalue weighted by Gasteiger charge is -2.36. The second-order valence-electron chi connectivity index (χ2n) is 8.09. The number of hydrogen-bond donors (Lipinski definition) is 0. The van der Waals surface area contributed by atoms with Crippen LogP contribution in [0.3, 0.4) is 0 Å². The number of likely N-dealkylation sites (tertiary alicyclic amines) is 2. The maximum absolute atomic E-state index is 13.1. The summed E-state index contributed by atoms with van der Waals surface area (Å²) >= 11 is 0. The topological polar surface area (TPSA) is 66.7 Å². The van der Waals surface area contributed by atoms with Gasteiger partial charge in [-0.1, -0.05) is 6.92 Å². The number of carbonyl (C=O) groups is 1. The van der Waals surface area contributed by atoms with Crippen LogP contribution in [-0.2, 0) is 16.1 Å². The maximum Gasteiger partial charge on any atom is 0.244 e. The maximum atomic E-state index is 13.1. The zero-order valence-electron chi connectivity index (χ0n) is 17.5. The molecule has 0 aliphatic carbocycles. The number of likely N-dealkylation sites (N-methyl/N-ethyl adjacent to an activating group) is 1. The van der Waals surface area contributed by atoms with Gasteiger partial charge in [-0.05, 0) is 57.8 Å². The lowest BCUT2D eigenvalue weighted by molar-refractivity contribution is -0.133. The van der Waals surface area contributed by atoms with E-state index in [0.717, 1.165) is 65.3 Å². The highest BCUT2D eigenvalue weighted by atomic mass is 16.5. The standard InChI is InChI=1S/C20H36N6O2/c1-3-24-8-4-5-19(24)14-25(20(27)15-26-17-21-16-22-26)13-18-6-9-23(10-7-18)11-12-28-2/h16-19H,3-15H2,1-2H3/t19-/m0/s1. The molecule has 0 N–H and O–H groups in total. The number of rotatable bonds is 10. The van der Waals surface area contributed by atoms with Crippen LogP contribution >= 0.6 is 0 Å². The normalized spacial score (nSPS) is 22.0. The first kappa shape index (κ1) is 21.2. The number of amides is 1. The highest BCUT2D eigenvalue weighted by Crippen LogP contribution is 2.22. The molecule has 1 amide bonds. The predicted octanol–water partition coefficient (Wildman–Crippen LogP) is 0.949. The van der Waals surface area contributed by atoms with Gasteiger partial charge in [0, 0.05) is 32.8 Å². The zero-order valence-corrected chi connectivity index (χ0v) is 17.5. The first-order valence-corrected chi connectivity index (χ1v) is 10.7. The molecule has 8 nitrogen and oxygen atoms in total. The number of hydrogen-bond acceptors (Lipinski definition) is 6. The van der Waals surface area contributed by atoms with Crippen LogP contribution in [0.2, 0.25) is 0 Å². The minimum atomic E-state index is 0.162. The van der Waals surface area contributed by atoms with Crippen LogP contribution < -0.4 is 0 Å².